The molecule has 0 spiro atoms. The van der Waals surface area contributed by atoms with Crippen LogP contribution in [-0.2, 0) is 5.41 Å². The van der Waals surface area contributed by atoms with Crippen LogP contribution >= 0.6 is 11.6 Å². The second-order valence-electron chi connectivity index (χ2n) is 8.33. The molecule has 0 aliphatic heterocycles. The van der Waals surface area contributed by atoms with Crippen LogP contribution in [0.2, 0.25) is 5.02 Å². The highest BCUT2D eigenvalue weighted by molar-refractivity contribution is 6.34. The highest BCUT2D eigenvalue weighted by atomic mass is 35.5. The summed E-state index contributed by atoms with van der Waals surface area (Å²) in [4.78, 5) is 0. The second-order valence-corrected chi connectivity index (χ2v) is 8.73. The SMILES string of the molecule is CC1(C)c2ccccc2-c2cc3oc4cccc(-c5ccccc5Cl)c4c3cc21. The van der Waals surface area contributed by atoms with Crippen molar-refractivity contribution in [2.24, 2.45) is 0 Å². The van der Waals surface area contributed by atoms with E-state index in [4.69, 9.17) is 16.0 Å². The van der Waals surface area contributed by atoms with Crippen molar-refractivity contribution in [2.75, 3.05) is 0 Å². The maximum atomic E-state index is 6.55. The summed E-state index contributed by atoms with van der Waals surface area (Å²) in [6.07, 6.45) is 0. The Kier molecular flexibility index (Phi) is 3.34. The highest BCUT2D eigenvalue weighted by Crippen LogP contribution is 2.51. The fourth-order valence-electron chi connectivity index (χ4n) is 4.92. The van der Waals surface area contributed by atoms with Crippen LogP contribution in [-0.4, -0.2) is 0 Å². The summed E-state index contributed by atoms with van der Waals surface area (Å²) in [5, 5.41) is 3.03. The first-order valence-corrected chi connectivity index (χ1v) is 10.3. The van der Waals surface area contributed by atoms with E-state index in [1.165, 1.54) is 22.3 Å². The van der Waals surface area contributed by atoms with E-state index < -0.39 is 0 Å². The van der Waals surface area contributed by atoms with Gasteiger partial charge in [0.1, 0.15) is 11.2 Å². The molecule has 2 heteroatoms. The third kappa shape index (κ3) is 2.22. The lowest BCUT2D eigenvalue weighted by Crippen LogP contribution is -2.14. The van der Waals surface area contributed by atoms with Gasteiger partial charge in [-0.1, -0.05) is 80.0 Å². The van der Waals surface area contributed by atoms with Gasteiger partial charge in [-0.15, -0.1) is 0 Å². The van der Waals surface area contributed by atoms with Gasteiger partial charge in [0, 0.05) is 26.8 Å². The number of hydrogen-bond donors (Lipinski definition) is 0. The maximum Gasteiger partial charge on any atom is 0.136 e. The van der Waals surface area contributed by atoms with Crippen LogP contribution in [0.25, 0.3) is 44.2 Å². The van der Waals surface area contributed by atoms with E-state index >= 15 is 0 Å². The van der Waals surface area contributed by atoms with E-state index in [0.29, 0.717) is 0 Å². The molecule has 4 aromatic carbocycles. The molecule has 0 radical (unpaired) electrons. The van der Waals surface area contributed by atoms with Gasteiger partial charge >= 0.3 is 0 Å². The summed E-state index contributed by atoms with van der Waals surface area (Å²) < 4.78 is 6.32. The Morgan fingerprint density at radius 1 is 0.655 bits per heavy atom. The van der Waals surface area contributed by atoms with E-state index in [1.54, 1.807) is 0 Å². The fourth-order valence-corrected chi connectivity index (χ4v) is 5.16. The minimum absolute atomic E-state index is 0.0386. The normalized spacial score (nSPS) is 14.3. The minimum Gasteiger partial charge on any atom is -0.456 e. The van der Waals surface area contributed by atoms with Crippen molar-refractivity contribution >= 4 is 33.5 Å². The van der Waals surface area contributed by atoms with Gasteiger partial charge in [0.2, 0.25) is 0 Å². The van der Waals surface area contributed by atoms with Gasteiger partial charge in [0.25, 0.3) is 0 Å². The van der Waals surface area contributed by atoms with Crippen LogP contribution in [0, 0.1) is 0 Å². The van der Waals surface area contributed by atoms with E-state index in [-0.39, 0.29) is 5.41 Å². The second kappa shape index (κ2) is 5.75. The van der Waals surface area contributed by atoms with Gasteiger partial charge in [-0.3, -0.25) is 0 Å². The van der Waals surface area contributed by atoms with Gasteiger partial charge in [-0.25, -0.2) is 0 Å². The van der Waals surface area contributed by atoms with Crippen molar-refractivity contribution in [3.63, 3.8) is 0 Å². The predicted molar refractivity (Wildman–Crippen MR) is 122 cm³/mol. The number of rotatable bonds is 1. The highest BCUT2D eigenvalue weighted by Gasteiger charge is 2.36. The molecule has 1 nitrogen and oxygen atoms in total. The van der Waals surface area contributed by atoms with Crippen molar-refractivity contribution in [3.8, 4) is 22.3 Å². The molecule has 5 aromatic rings. The third-order valence-electron chi connectivity index (χ3n) is 6.36. The molecular weight excluding hydrogens is 376 g/mol. The molecule has 0 atom stereocenters. The minimum atomic E-state index is -0.0386. The first kappa shape index (κ1) is 16.9. The molecule has 0 saturated heterocycles. The molecule has 0 unspecified atom stereocenters. The monoisotopic (exact) mass is 394 g/mol. The fraction of sp³-hybridized carbons (Fsp3) is 0.111. The Hall–Kier alpha value is -3.03. The third-order valence-corrected chi connectivity index (χ3v) is 6.69. The zero-order chi connectivity index (χ0) is 19.8. The quantitative estimate of drug-likeness (QED) is 0.279. The van der Waals surface area contributed by atoms with E-state index in [9.17, 15) is 0 Å². The van der Waals surface area contributed by atoms with Crippen LogP contribution in [0.3, 0.4) is 0 Å². The largest absolute Gasteiger partial charge is 0.456 e. The Morgan fingerprint density at radius 3 is 2.21 bits per heavy atom. The van der Waals surface area contributed by atoms with Crippen molar-refractivity contribution in [3.05, 3.63) is 95.0 Å². The standard InChI is InChI=1S/C27H19ClO/c1-27(2)21-11-5-3-8-16(21)19-15-25-20(14-22(19)27)26-18(10-7-13-24(26)29-25)17-9-4-6-12-23(17)28/h3-15H,1-2H3. The van der Waals surface area contributed by atoms with Crippen LogP contribution < -0.4 is 0 Å². The lowest BCUT2D eigenvalue weighted by molar-refractivity contribution is 0.658. The zero-order valence-corrected chi connectivity index (χ0v) is 17.0. The van der Waals surface area contributed by atoms with Crippen LogP contribution in [0.4, 0.5) is 0 Å². The van der Waals surface area contributed by atoms with Crippen molar-refractivity contribution in [1.82, 2.24) is 0 Å². The summed E-state index contributed by atoms with van der Waals surface area (Å²) in [6, 6.07) is 27.5. The van der Waals surface area contributed by atoms with E-state index in [1.807, 2.05) is 30.3 Å². The molecule has 140 valence electrons. The first-order chi connectivity index (χ1) is 14.1. The first-order valence-electron chi connectivity index (χ1n) is 9.90. The summed E-state index contributed by atoms with van der Waals surface area (Å²) in [5.74, 6) is 0. The zero-order valence-electron chi connectivity index (χ0n) is 16.3. The van der Waals surface area contributed by atoms with E-state index in [0.717, 1.165) is 38.1 Å². The van der Waals surface area contributed by atoms with Gasteiger partial charge < -0.3 is 4.42 Å². The Balaban J connectivity index is 1.72. The molecule has 29 heavy (non-hydrogen) atoms. The molecule has 0 fully saturated rings. The summed E-state index contributed by atoms with van der Waals surface area (Å²) in [6.45, 7) is 4.61. The molecular formula is C27H19ClO. The molecule has 6 rings (SSSR count). The average molecular weight is 395 g/mol. The molecule has 1 aliphatic carbocycles. The number of benzene rings is 4. The van der Waals surface area contributed by atoms with E-state index in [2.05, 4.69) is 62.4 Å². The van der Waals surface area contributed by atoms with Crippen molar-refractivity contribution in [2.45, 2.75) is 19.3 Å². The van der Waals surface area contributed by atoms with Crippen LogP contribution in [0.1, 0.15) is 25.0 Å². The molecule has 0 N–H and O–H groups in total. The van der Waals surface area contributed by atoms with Gasteiger partial charge in [-0.2, -0.15) is 0 Å². The Labute approximate surface area is 174 Å². The molecule has 0 bridgehead atoms. The molecule has 0 saturated carbocycles. The smallest absolute Gasteiger partial charge is 0.136 e. The number of fused-ring (bicyclic) bond motifs is 6. The predicted octanol–water partition coefficient (Wildman–Crippen LogP) is 8.21. The number of furan rings is 1. The van der Waals surface area contributed by atoms with Crippen molar-refractivity contribution < 1.29 is 4.42 Å². The molecule has 1 aliphatic rings. The number of hydrogen-bond acceptors (Lipinski definition) is 1. The lowest BCUT2D eigenvalue weighted by atomic mass is 9.82. The van der Waals surface area contributed by atoms with Gasteiger partial charge in [-0.05, 0) is 52.1 Å². The van der Waals surface area contributed by atoms with Crippen LogP contribution in [0.5, 0.6) is 0 Å². The lowest BCUT2D eigenvalue weighted by Gasteiger charge is -2.21. The maximum absolute atomic E-state index is 6.55. The van der Waals surface area contributed by atoms with Crippen molar-refractivity contribution in [1.29, 1.82) is 0 Å². The average Bonchev–Trinajstić information content (AvgIpc) is 3.20. The topological polar surface area (TPSA) is 13.1 Å². The molecule has 1 heterocycles. The molecule has 1 aromatic heterocycles. The Morgan fingerprint density at radius 2 is 1.38 bits per heavy atom. The van der Waals surface area contributed by atoms with Gasteiger partial charge in [0.15, 0.2) is 0 Å². The summed E-state index contributed by atoms with van der Waals surface area (Å²) in [7, 11) is 0. The summed E-state index contributed by atoms with van der Waals surface area (Å²) >= 11 is 6.55. The molecule has 0 amide bonds. The Bertz CT molecular complexity index is 1440. The summed E-state index contributed by atoms with van der Waals surface area (Å²) in [5.41, 5.74) is 9.23. The number of halogens is 1. The van der Waals surface area contributed by atoms with Crippen LogP contribution in [0.15, 0.2) is 83.3 Å². The van der Waals surface area contributed by atoms with Gasteiger partial charge in [0.05, 0.1) is 0 Å².